The first-order valence-electron chi connectivity index (χ1n) is 5.91. The molecule has 0 amide bonds. The summed E-state index contributed by atoms with van der Waals surface area (Å²) < 4.78 is 0. The summed E-state index contributed by atoms with van der Waals surface area (Å²) in [5.41, 5.74) is 9.48. The number of nitrogens with one attached hydrogen (secondary N) is 1. The van der Waals surface area contributed by atoms with Crippen LogP contribution in [0.2, 0.25) is 0 Å². The van der Waals surface area contributed by atoms with Gasteiger partial charge in [0, 0.05) is 35.4 Å². The quantitative estimate of drug-likeness (QED) is 0.795. The van der Waals surface area contributed by atoms with Crippen LogP contribution in [0.5, 0.6) is 0 Å². The van der Waals surface area contributed by atoms with Gasteiger partial charge >= 0.3 is 0 Å². The maximum absolute atomic E-state index is 7.23. The van der Waals surface area contributed by atoms with Gasteiger partial charge in [0.1, 0.15) is 0 Å². The molecular weight excluding hydrogens is 224 g/mol. The summed E-state index contributed by atoms with van der Waals surface area (Å²) in [5.74, 6) is 0. The van der Waals surface area contributed by atoms with Crippen molar-refractivity contribution in [1.29, 1.82) is 5.41 Å². The number of fused-ring (bicyclic) bond motifs is 1. The molecular formula is C14H18N4. The van der Waals surface area contributed by atoms with E-state index in [1.54, 1.807) is 6.20 Å². The van der Waals surface area contributed by atoms with Gasteiger partial charge in [-0.1, -0.05) is 13.8 Å². The minimum atomic E-state index is 0.637. The highest BCUT2D eigenvalue weighted by Gasteiger charge is 2.02. The second-order valence-electron chi connectivity index (χ2n) is 3.48. The Labute approximate surface area is 107 Å². The predicted molar refractivity (Wildman–Crippen MR) is 76.6 cm³/mol. The molecule has 2 aromatic heterocycles. The van der Waals surface area contributed by atoms with Crippen LogP contribution < -0.4 is 5.73 Å². The van der Waals surface area contributed by atoms with Gasteiger partial charge in [-0.05, 0) is 25.1 Å². The van der Waals surface area contributed by atoms with Crippen LogP contribution in [0, 0.1) is 12.3 Å². The lowest BCUT2D eigenvalue weighted by atomic mass is 10.1. The van der Waals surface area contributed by atoms with Crippen LogP contribution in [0.15, 0.2) is 30.6 Å². The highest BCUT2D eigenvalue weighted by atomic mass is 14.8. The highest BCUT2D eigenvalue weighted by molar-refractivity contribution is 6.08. The molecule has 0 unspecified atom stereocenters. The van der Waals surface area contributed by atoms with E-state index in [1.165, 1.54) is 12.4 Å². The molecule has 0 saturated carbocycles. The van der Waals surface area contributed by atoms with Gasteiger partial charge in [0.2, 0.25) is 0 Å². The minimum Gasteiger partial charge on any atom is -0.404 e. The molecule has 0 aliphatic rings. The van der Waals surface area contributed by atoms with Crippen molar-refractivity contribution < 1.29 is 0 Å². The second kappa shape index (κ2) is 6.49. The van der Waals surface area contributed by atoms with Gasteiger partial charge in [-0.3, -0.25) is 9.97 Å². The first kappa shape index (κ1) is 13.8. The smallest absolute Gasteiger partial charge is 0.0896 e. The molecule has 94 valence electrons. The minimum absolute atomic E-state index is 0.637. The number of nitrogens with zero attached hydrogens (tertiary/aromatic N) is 2. The monoisotopic (exact) mass is 242 g/mol. The topological polar surface area (TPSA) is 75.7 Å². The fourth-order valence-corrected chi connectivity index (χ4v) is 1.49. The molecule has 3 N–H and O–H groups in total. The summed E-state index contributed by atoms with van der Waals surface area (Å²) in [6.07, 6.45) is 4.30. The first-order valence-corrected chi connectivity index (χ1v) is 5.91. The number of aryl methyl sites for hydroxylation is 1. The van der Waals surface area contributed by atoms with Crippen molar-refractivity contribution >= 4 is 22.8 Å². The Morgan fingerprint density at radius 3 is 2.61 bits per heavy atom. The number of pyridine rings is 2. The highest BCUT2D eigenvalue weighted by Crippen LogP contribution is 2.16. The van der Waals surface area contributed by atoms with Crippen LogP contribution in [-0.2, 0) is 0 Å². The molecule has 0 radical (unpaired) electrons. The van der Waals surface area contributed by atoms with Crippen LogP contribution in [-0.4, -0.2) is 16.2 Å². The average Bonchev–Trinajstić information content (AvgIpc) is 2.42. The molecule has 0 bridgehead atoms. The molecule has 0 aliphatic heterocycles. The summed E-state index contributed by atoms with van der Waals surface area (Å²) in [4.78, 5) is 8.66. The predicted octanol–water partition coefficient (Wildman–Crippen LogP) is 2.91. The van der Waals surface area contributed by atoms with Crippen molar-refractivity contribution in [1.82, 2.24) is 9.97 Å². The summed E-state index contributed by atoms with van der Waals surface area (Å²) in [7, 11) is 0. The summed E-state index contributed by atoms with van der Waals surface area (Å²) in [5, 5.41) is 7.23. The lowest BCUT2D eigenvalue weighted by molar-refractivity contribution is 1.23. The van der Waals surface area contributed by atoms with Crippen molar-refractivity contribution in [3.8, 4) is 0 Å². The molecule has 2 aromatic rings. The van der Waals surface area contributed by atoms with E-state index >= 15 is 0 Å². The number of allylic oxidation sites excluding steroid dienone is 1. The first-order chi connectivity index (χ1) is 8.74. The second-order valence-corrected chi connectivity index (χ2v) is 3.48. The molecule has 0 saturated heterocycles. The Bertz CT molecular complexity index is 573. The fraction of sp³-hybridized carbons (Fsp3) is 0.214. The zero-order valence-corrected chi connectivity index (χ0v) is 10.9. The molecule has 18 heavy (non-hydrogen) atoms. The molecule has 0 aromatic carbocycles. The normalized spacial score (nSPS) is 10.7. The van der Waals surface area contributed by atoms with E-state index < -0.39 is 0 Å². The van der Waals surface area contributed by atoms with Crippen molar-refractivity contribution in [3.05, 3.63) is 41.9 Å². The fourth-order valence-electron chi connectivity index (χ4n) is 1.49. The number of nitrogens with two attached hydrogens (primary N) is 1. The Morgan fingerprint density at radius 2 is 2.00 bits per heavy atom. The van der Waals surface area contributed by atoms with Crippen molar-refractivity contribution in [3.63, 3.8) is 0 Å². The molecule has 0 aliphatic carbocycles. The zero-order chi connectivity index (χ0) is 13.5. The maximum Gasteiger partial charge on any atom is 0.0896 e. The summed E-state index contributed by atoms with van der Waals surface area (Å²) in [6.45, 7) is 5.93. The Morgan fingerprint density at radius 1 is 1.28 bits per heavy atom. The molecule has 2 heterocycles. The largest absolute Gasteiger partial charge is 0.404 e. The van der Waals surface area contributed by atoms with E-state index in [0.717, 1.165) is 22.3 Å². The maximum atomic E-state index is 7.23. The van der Waals surface area contributed by atoms with E-state index in [1.807, 2.05) is 39.0 Å². The number of rotatable bonds is 2. The van der Waals surface area contributed by atoms with Crippen LogP contribution in [0.3, 0.4) is 0 Å². The van der Waals surface area contributed by atoms with E-state index in [-0.39, 0.29) is 0 Å². The molecule has 2 rings (SSSR count). The van der Waals surface area contributed by atoms with E-state index in [9.17, 15) is 0 Å². The van der Waals surface area contributed by atoms with E-state index in [0.29, 0.717) is 5.57 Å². The third-order valence-corrected chi connectivity index (χ3v) is 2.34. The molecule has 4 nitrogen and oxygen atoms in total. The lowest BCUT2D eigenvalue weighted by Gasteiger charge is -2.02. The number of aromatic nitrogens is 2. The van der Waals surface area contributed by atoms with Crippen LogP contribution in [0.4, 0.5) is 0 Å². The van der Waals surface area contributed by atoms with Gasteiger partial charge < -0.3 is 11.1 Å². The van der Waals surface area contributed by atoms with Crippen molar-refractivity contribution in [2.45, 2.75) is 20.8 Å². The van der Waals surface area contributed by atoms with Gasteiger partial charge in [-0.2, -0.15) is 0 Å². The molecule has 0 fully saturated rings. The van der Waals surface area contributed by atoms with Crippen LogP contribution >= 0.6 is 0 Å². The van der Waals surface area contributed by atoms with Gasteiger partial charge in [0.15, 0.2) is 0 Å². The van der Waals surface area contributed by atoms with Crippen LogP contribution in [0.25, 0.3) is 16.6 Å². The van der Waals surface area contributed by atoms with Gasteiger partial charge in [0.25, 0.3) is 0 Å². The van der Waals surface area contributed by atoms with Gasteiger partial charge in [0.05, 0.1) is 11.0 Å². The number of hydrogen-bond donors (Lipinski definition) is 2. The summed E-state index contributed by atoms with van der Waals surface area (Å²) >= 11 is 0. The van der Waals surface area contributed by atoms with E-state index in [2.05, 4.69) is 9.97 Å². The van der Waals surface area contributed by atoms with Crippen molar-refractivity contribution in [2.75, 3.05) is 0 Å². The average molecular weight is 242 g/mol. The van der Waals surface area contributed by atoms with Crippen molar-refractivity contribution in [2.24, 2.45) is 5.73 Å². The third kappa shape index (κ3) is 2.91. The Balaban J connectivity index is 0.000000771. The molecule has 0 spiro atoms. The lowest BCUT2D eigenvalue weighted by Crippen LogP contribution is -1.93. The number of hydrogen-bond acceptors (Lipinski definition) is 4. The van der Waals surface area contributed by atoms with E-state index in [4.69, 9.17) is 11.1 Å². The Kier molecular flexibility index (Phi) is 4.99. The Hall–Kier alpha value is -2.23. The molecule has 4 heteroatoms. The zero-order valence-electron chi connectivity index (χ0n) is 10.9. The van der Waals surface area contributed by atoms with Gasteiger partial charge in [-0.25, -0.2) is 0 Å². The molecule has 0 atom stereocenters. The summed E-state index contributed by atoms with van der Waals surface area (Å²) in [6, 6.07) is 5.74. The standard InChI is InChI=1S/C12H12N4.C2H6/c1-8-2-3-11-12(16-8)4-9(7-15-11)10(5-13)6-14;1-2/h2-7,13H,14H2,1H3;1-2H3/b10-6+,13-5?;. The van der Waals surface area contributed by atoms with Gasteiger partial charge in [-0.15, -0.1) is 0 Å². The third-order valence-electron chi connectivity index (χ3n) is 2.34. The van der Waals surface area contributed by atoms with Crippen LogP contribution in [0.1, 0.15) is 25.1 Å². The SMILES string of the molecule is CC.Cc1ccc2ncc(/C(C=N)=C/N)cc2n1.